The standard InChI is InChI=1S/C15H11FO2/c16-10-7-5-9(6-8-10)13-14(17)11-3-1-2-4-12(11)15(13)18/h1-8,13-14,17H/t13-,14+/m1/s1. The first-order valence-electron chi connectivity index (χ1n) is 5.75. The molecule has 1 aliphatic carbocycles. The molecule has 3 heteroatoms. The van der Waals surface area contributed by atoms with Crippen molar-refractivity contribution in [3.05, 3.63) is 71.0 Å². The van der Waals surface area contributed by atoms with Gasteiger partial charge in [-0.15, -0.1) is 0 Å². The van der Waals surface area contributed by atoms with Gasteiger partial charge in [-0.25, -0.2) is 4.39 Å². The Morgan fingerprint density at radius 3 is 2.33 bits per heavy atom. The number of aliphatic hydroxyl groups excluding tert-OH is 1. The minimum atomic E-state index is -0.848. The molecule has 3 rings (SSSR count). The van der Waals surface area contributed by atoms with Crippen molar-refractivity contribution in [3.63, 3.8) is 0 Å². The van der Waals surface area contributed by atoms with Gasteiger partial charge in [-0.1, -0.05) is 36.4 Å². The van der Waals surface area contributed by atoms with E-state index in [1.807, 2.05) is 0 Å². The van der Waals surface area contributed by atoms with Gasteiger partial charge in [0.15, 0.2) is 5.78 Å². The number of aliphatic hydroxyl groups is 1. The van der Waals surface area contributed by atoms with E-state index in [-0.39, 0.29) is 11.6 Å². The Kier molecular flexibility index (Phi) is 2.49. The van der Waals surface area contributed by atoms with Crippen LogP contribution >= 0.6 is 0 Å². The quantitative estimate of drug-likeness (QED) is 0.834. The molecule has 1 N–H and O–H groups in total. The zero-order chi connectivity index (χ0) is 12.7. The zero-order valence-corrected chi connectivity index (χ0v) is 9.51. The van der Waals surface area contributed by atoms with Crippen molar-refractivity contribution in [3.8, 4) is 0 Å². The zero-order valence-electron chi connectivity index (χ0n) is 9.51. The largest absolute Gasteiger partial charge is 0.387 e. The Morgan fingerprint density at radius 1 is 1.00 bits per heavy atom. The van der Waals surface area contributed by atoms with Gasteiger partial charge in [0.25, 0.3) is 0 Å². The Bertz CT molecular complexity index is 604. The van der Waals surface area contributed by atoms with Gasteiger partial charge in [-0.2, -0.15) is 0 Å². The summed E-state index contributed by atoms with van der Waals surface area (Å²) < 4.78 is 12.9. The summed E-state index contributed by atoms with van der Waals surface area (Å²) in [6.07, 6.45) is -0.848. The second-order valence-corrected chi connectivity index (χ2v) is 4.43. The highest BCUT2D eigenvalue weighted by molar-refractivity contribution is 6.05. The maximum Gasteiger partial charge on any atom is 0.173 e. The van der Waals surface area contributed by atoms with Crippen molar-refractivity contribution in [1.29, 1.82) is 0 Å². The van der Waals surface area contributed by atoms with Crippen LogP contribution in [0.2, 0.25) is 0 Å². The molecular weight excluding hydrogens is 231 g/mol. The smallest absolute Gasteiger partial charge is 0.173 e. The van der Waals surface area contributed by atoms with E-state index in [2.05, 4.69) is 0 Å². The maximum absolute atomic E-state index is 12.9. The SMILES string of the molecule is O=C1c2ccccc2[C@H](O)[C@H]1c1ccc(F)cc1. The molecule has 0 bridgehead atoms. The minimum Gasteiger partial charge on any atom is -0.387 e. The number of carbonyl (C=O) groups is 1. The van der Waals surface area contributed by atoms with Crippen LogP contribution in [0.3, 0.4) is 0 Å². The summed E-state index contributed by atoms with van der Waals surface area (Å²) in [6, 6.07) is 12.7. The number of fused-ring (bicyclic) bond motifs is 1. The average molecular weight is 242 g/mol. The van der Waals surface area contributed by atoms with E-state index < -0.39 is 12.0 Å². The third kappa shape index (κ3) is 1.56. The molecule has 0 amide bonds. The van der Waals surface area contributed by atoms with Crippen LogP contribution in [0.1, 0.15) is 33.5 Å². The molecule has 1 aliphatic rings. The van der Waals surface area contributed by atoms with Crippen molar-refractivity contribution in [1.82, 2.24) is 0 Å². The van der Waals surface area contributed by atoms with E-state index in [1.165, 1.54) is 12.1 Å². The third-order valence-electron chi connectivity index (χ3n) is 3.37. The summed E-state index contributed by atoms with van der Waals surface area (Å²) in [7, 11) is 0. The fourth-order valence-electron chi connectivity index (χ4n) is 2.47. The Hall–Kier alpha value is -2.00. The summed E-state index contributed by atoms with van der Waals surface area (Å²) >= 11 is 0. The van der Waals surface area contributed by atoms with Crippen LogP contribution < -0.4 is 0 Å². The summed E-state index contributed by atoms with van der Waals surface area (Å²) in [5.74, 6) is -1.08. The van der Waals surface area contributed by atoms with Crippen molar-refractivity contribution in [2.75, 3.05) is 0 Å². The lowest BCUT2D eigenvalue weighted by Crippen LogP contribution is -2.11. The number of halogens is 1. The third-order valence-corrected chi connectivity index (χ3v) is 3.37. The highest BCUT2D eigenvalue weighted by Crippen LogP contribution is 2.41. The Labute approximate surface area is 104 Å². The molecule has 2 aromatic carbocycles. The van der Waals surface area contributed by atoms with E-state index in [4.69, 9.17) is 0 Å². The molecule has 2 nitrogen and oxygen atoms in total. The molecular formula is C15H11FO2. The molecule has 0 radical (unpaired) electrons. The van der Waals surface area contributed by atoms with E-state index in [1.54, 1.807) is 36.4 Å². The molecule has 18 heavy (non-hydrogen) atoms. The van der Waals surface area contributed by atoms with Crippen LogP contribution in [0.4, 0.5) is 4.39 Å². The van der Waals surface area contributed by atoms with E-state index in [0.29, 0.717) is 16.7 Å². The van der Waals surface area contributed by atoms with Crippen molar-refractivity contribution < 1.29 is 14.3 Å². The van der Waals surface area contributed by atoms with Crippen LogP contribution in [0.5, 0.6) is 0 Å². The Morgan fingerprint density at radius 2 is 1.67 bits per heavy atom. The molecule has 2 atom stereocenters. The molecule has 2 aromatic rings. The molecule has 0 aromatic heterocycles. The number of ketones is 1. The van der Waals surface area contributed by atoms with Gasteiger partial charge in [0.05, 0.1) is 12.0 Å². The maximum atomic E-state index is 12.9. The number of hydrogen-bond donors (Lipinski definition) is 1. The van der Waals surface area contributed by atoms with Gasteiger partial charge in [0.2, 0.25) is 0 Å². The number of benzene rings is 2. The van der Waals surface area contributed by atoms with Crippen molar-refractivity contribution in [2.45, 2.75) is 12.0 Å². The molecule has 0 heterocycles. The summed E-state index contributed by atoms with van der Waals surface area (Å²) in [5, 5.41) is 10.2. The molecule has 0 saturated heterocycles. The van der Waals surface area contributed by atoms with E-state index >= 15 is 0 Å². The predicted octanol–water partition coefficient (Wildman–Crippen LogP) is 2.84. The number of Topliss-reactive ketones (excluding diaryl/α,β-unsaturated/α-hetero) is 1. The first-order valence-corrected chi connectivity index (χ1v) is 5.75. The molecule has 0 fully saturated rings. The molecule has 0 aliphatic heterocycles. The number of rotatable bonds is 1. The fourth-order valence-corrected chi connectivity index (χ4v) is 2.47. The second kappa shape index (κ2) is 4.03. The molecule has 0 spiro atoms. The lowest BCUT2D eigenvalue weighted by atomic mass is 9.93. The van der Waals surface area contributed by atoms with E-state index in [0.717, 1.165) is 0 Å². The minimum absolute atomic E-state index is 0.107. The summed E-state index contributed by atoms with van der Waals surface area (Å²) in [6.45, 7) is 0. The lowest BCUT2D eigenvalue weighted by Gasteiger charge is -2.13. The monoisotopic (exact) mass is 242 g/mol. The first kappa shape index (κ1) is 11.1. The highest BCUT2D eigenvalue weighted by Gasteiger charge is 2.39. The lowest BCUT2D eigenvalue weighted by molar-refractivity contribution is 0.0872. The predicted molar refractivity (Wildman–Crippen MR) is 64.9 cm³/mol. The first-order chi connectivity index (χ1) is 8.68. The average Bonchev–Trinajstić information content (AvgIpc) is 2.64. The molecule has 90 valence electrons. The van der Waals surface area contributed by atoms with Gasteiger partial charge in [-0.3, -0.25) is 4.79 Å². The van der Waals surface area contributed by atoms with Crippen LogP contribution in [0.25, 0.3) is 0 Å². The number of hydrogen-bond acceptors (Lipinski definition) is 2. The van der Waals surface area contributed by atoms with Gasteiger partial charge in [0, 0.05) is 5.56 Å². The van der Waals surface area contributed by atoms with E-state index in [9.17, 15) is 14.3 Å². The summed E-state index contributed by atoms with van der Waals surface area (Å²) in [5.41, 5.74) is 1.85. The van der Waals surface area contributed by atoms with Gasteiger partial charge < -0.3 is 5.11 Å². The van der Waals surface area contributed by atoms with Crippen molar-refractivity contribution in [2.24, 2.45) is 0 Å². The number of carbonyl (C=O) groups excluding carboxylic acids is 1. The highest BCUT2D eigenvalue weighted by atomic mass is 19.1. The van der Waals surface area contributed by atoms with Crippen molar-refractivity contribution >= 4 is 5.78 Å². The van der Waals surface area contributed by atoms with Gasteiger partial charge in [-0.05, 0) is 23.3 Å². The van der Waals surface area contributed by atoms with Crippen LogP contribution in [-0.2, 0) is 0 Å². The van der Waals surface area contributed by atoms with Gasteiger partial charge >= 0.3 is 0 Å². The molecule has 0 unspecified atom stereocenters. The summed E-state index contributed by atoms with van der Waals surface area (Å²) in [4.78, 5) is 12.2. The second-order valence-electron chi connectivity index (χ2n) is 4.43. The topological polar surface area (TPSA) is 37.3 Å². The Balaban J connectivity index is 2.06. The van der Waals surface area contributed by atoms with Crippen LogP contribution in [0.15, 0.2) is 48.5 Å². The van der Waals surface area contributed by atoms with Crippen LogP contribution in [-0.4, -0.2) is 10.9 Å². The molecule has 0 saturated carbocycles. The fraction of sp³-hybridized carbons (Fsp3) is 0.133. The van der Waals surface area contributed by atoms with Crippen LogP contribution in [0, 0.1) is 5.82 Å². The van der Waals surface area contributed by atoms with Gasteiger partial charge in [0.1, 0.15) is 5.82 Å². The normalized spacial score (nSPS) is 22.0.